The van der Waals surface area contributed by atoms with Crippen molar-refractivity contribution in [2.75, 3.05) is 11.9 Å². The summed E-state index contributed by atoms with van der Waals surface area (Å²) in [6, 6.07) is 2.89. The molecule has 1 aliphatic carbocycles. The average Bonchev–Trinajstić information content (AvgIpc) is 2.71. The van der Waals surface area contributed by atoms with E-state index in [1.54, 1.807) is 6.33 Å². The fraction of sp³-hybridized carbons (Fsp3) is 0.455. The third-order valence-electron chi connectivity index (χ3n) is 3.36. The van der Waals surface area contributed by atoms with Crippen LogP contribution in [0, 0.1) is 0 Å². The van der Waals surface area contributed by atoms with Crippen molar-refractivity contribution in [2.24, 2.45) is 5.73 Å². The molecule has 92 valence electrons. The highest BCUT2D eigenvalue weighted by atomic mass is 35.5. The second-order valence-corrected chi connectivity index (χ2v) is 4.43. The van der Waals surface area contributed by atoms with Crippen LogP contribution in [-0.4, -0.2) is 34.1 Å². The first-order valence-corrected chi connectivity index (χ1v) is 5.52. The van der Waals surface area contributed by atoms with E-state index < -0.39 is 0 Å². The smallest absolute Gasteiger partial charge is 0.142 e. The maximum Gasteiger partial charge on any atom is 0.142 e. The molecule has 2 heterocycles. The molecule has 2 aromatic rings. The second kappa shape index (κ2) is 4.50. The number of fused-ring (bicyclic) bond motifs is 1. The predicted molar refractivity (Wildman–Crippen MR) is 70.5 cm³/mol. The quantitative estimate of drug-likeness (QED) is 0.847. The molecule has 1 aliphatic rings. The van der Waals surface area contributed by atoms with Crippen molar-refractivity contribution in [2.45, 2.75) is 24.9 Å². The molecule has 0 spiro atoms. The normalized spacial score (nSPS) is 22.9. The number of nitrogens with zero attached hydrogens (tertiary/aromatic N) is 3. The molecule has 0 aliphatic heterocycles. The van der Waals surface area contributed by atoms with E-state index in [0.29, 0.717) is 12.1 Å². The number of nitrogens with one attached hydrogen (secondary N) is 1. The minimum Gasteiger partial charge on any atom is -0.356 e. The number of hydrogen-bond acceptors (Lipinski definition) is 4. The molecule has 1 fully saturated rings. The zero-order valence-corrected chi connectivity index (χ0v) is 10.4. The summed E-state index contributed by atoms with van der Waals surface area (Å²) in [5.74, 6) is 0.989. The van der Waals surface area contributed by atoms with Crippen LogP contribution in [0.15, 0.2) is 18.6 Å². The van der Waals surface area contributed by atoms with Crippen molar-refractivity contribution < 1.29 is 0 Å². The molecule has 1 saturated carbocycles. The average molecular weight is 254 g/mol. The highest BCUT2D eigenvalue weighted by Crippen LogP contribution is 2.29. The summed E-state index contributed by atoms with van der Waals surface area (Å²) in [7, 11) is 2.07. The lowest BCUT2D eigenvalue weighted by Gasteiger charge is -2.40. The topological polar surface area (TPSA) is 70.8 Å². The molecule has 0 aromatic carbocycles. The molecule has 0 atom stereocenters. The Morgan fingerprint density at radius 1 is 1.41 bits per heavy atom. The third kappa shape index (κ3) is 1.96. The lowest BCUT2D eigenvalue weighted by molar-refractivity contribution is 0.339. The molecule has 17 heavy (non-hydrogen) atoms. The summed E-state index contributed by atoms with van der Waals surface area (Å²) in [5.41, 5.74) is 6.70. The van der Waals surface area contributed by atoms with Crippen LogP contribution in [0.4, 0.5) is 5.82 Å². The van der Waals surface area contributed by atoms with Gasteiger partial charge in [0.2, 0.25) is 0 Å². The van der Waals surface area contributed by atoms with Crippen LogP contribution in [-0.2, 0) is 0 Å². The molecular weight excluding hydrogens is 238 g/mol. The van der Waals surface area contributed by atoms with Gasteiger partial charge in [-0.05, 0) is 18.9 Å². The molecule has 6 heteroatoms. The van der Waals surface area contributed by atoms with Crippen molar-refractivity contribution in [3.63, 3.8) is 0 Å². The molecule has 0 bridgehead atoms. The Morgan fingerprint density at radius 3 is 2.88 bits per heavy atom. The van der Waals surface area contributed by atoms with Crippen LogP contribution in [0.3, 0.4) is 0 Å². The number of H-pyrrole nitrogens is 1. The van der Waals surface area contributed by atoms with Crippen LogP contribution in [0.25, 0.3) is 11.0 Å². The van der Waals surface area contributed by atoms with Gasteiger partial charge in [-0.2, -0.15) is 0 Å². The van der Waals surface area contributed by atoms with Crippen molar-refractivity contribution in [3.8, 4) is 0 Å². The van der Waals surface area contributed by atoms with Crippen LogP contribution in [0.5, 0.6) is 0 Å². The van der Waals surface area contributed by atoms with Crippen molar-refractivity contribution in [1.29, 1.82) is 0 Å². The lowest BCUT2D eigenvalue weighted by Crippen LogP contribution is -2.49. The first kappa shape index (κ1) is 12.1. The van der Waals surface area contributed by atoms with Crippen LogP contribution in [0.2, 0.25) is 0 Å². The van der Waals surface area contributed by atoms with Crippen molar-refractivity contribution in [3.05, 3.63) is 18.6 Å². The predicted octanol–water partition coefficient (Wildman–Crippen LogP) is 1.31. The molecular formula is C11H16ClN5. The first-order chi connectivity index (χ1) is 7.75. The number of rotatable bonds is 2. The monoisotopic (exact) mass is 253 g/mol. The molecule has 0 unspecified atom stereocenters. The second-order valence-electron chi connectivity index (χ2n) is 4.43. The number of hydrogen-bond donors (Lipinski definition) is 2. The SMILES string of the molecule is CN(c1ncnc2[nH]ccc12)[C@H]1C[C@H](N)C1.Cl. The van der Waals surface area contributed by atoms with Gasteiger partial charge in [0.15, 0.2) is 0 Å². The number of halogens is 1. The first-order valence-electron chi connectivity index (χ1n) is 5.52. The number of nitrogens with two attached hydrogens (primary N) is 1. The summed E-state index contributed by atoms with van der Waals surface area (Å²) in [4.78, 5) is 13.9. The minimum atomic E-state index is 0. The van der Waals surface area contributed by atoms with Gasteiger partial charge in [-0.1, -0.05) is 0 Å². The van der Waals surface area contributed by atoms with Crippen LogP contribution < -0.4 is 10.6 Å². The summed E-state index contributed by atoms with van der Waals surface area (Å²) in [6.07, 6.45) is 5.59. The largest absolute Gasteiger partial charge is 0.356 e. The highest BCUT2D eigenvalue weighted by Gasteiger charge is 2.30. The Balaban J connectivity index is 0.00000108. The summed E-state index contributed by atoms with van der Waals surface area (Å²) in [5, 5.41) is 1.07. The van der Waals surface area contributed by atoms with E-state index in [9.17, 15) is 0 Å². The Morgan fingerprint density at radius 2 is 2.18 bits per heavy atom. The summed E-state index contributed by atoms with van der Waals surface area (Å²) < 4.78 is 0. The van der Waals surface area contributed by atoms with Gasteiger partial charge in [0, 0.05) is 25.3 Å². The molecule has 0 radical (unpaired) electrons. The van der Waals surface area contributed by atoms with Gasteiger partial charge in [0.1, 0.15) is 17.8 Å². The molecule has 5 nitrogen and oxygen atoms in total. The lowest BCUT2D eigenvalue weighted by atomic mass is 9.86. The van der Waals surface area contributed by atoms with Gasteiger partial charge in [-0.3, -0.25) is 0 Å². The highest BCUT2D eigenvalue weighted by molar-refractivity contribution is 5.87. The maximum absolute atomic E-state index is 5.81. The van der Waals surface area contributed by atoms with Gasteiger partial charge in [0.25, 0.3) is 0 Å². The van der Waals surface area contributed by atoms with E-state index in [4.69, 9.17) is 5.73 Å². The number of aromatic nitrogens is 3. The summed E-state index contributed by atoms with van der Waals surface area (Å²) in [6.45, 7) is 0. The van der Waals surface area contributed by atoms with Gasteiger partial charge < -0.3 is 15.6 Å². The van der Waals surface area contributed by atoms with Gasteiger partial charge in [-0.15, -0.1) is 12.4 Å². The Labute approximate surface area is 106 Å². The van der Waals surface area contributed by atoms with E-state index >= 15 is 0 Å². The van der Waals surface area contributed by atoms with Crippen LogP contribution >= 0.6 is 12.4 Å². The van der Waals surface area contributed by atoms with Gasteiger partial charge in [0.05, 0.1) is 5.39 Å². The summed E-state index contributed by atoms with van der Waals surface area (Å²) >= 11 is 0. The number of aromatic amines is 1. The maximum atomic E-state index is 5.81. The molecule has 3 N–H and O–H groups in total. The zero-order valence-electron chi connectivity index (χ0n) is 9.63. The molecule has 0 amide bonds. The van der Waals surface area contributed by atoms with Crippen molar-refractivity contribution in [1.82, 2.24) is 15.0 Å². The van der Waals surface area contributed by atoms with Gasteiger partial charge >= 0.3 is 0 Å². The molecule has 2 aromatic heterocycles. The minimum absolute atomic E-state index is 0. The Hall–Kier alpha value is -1.33. The van der Waals surface area contributed by atoms with E-state index in [1.807, 2.05) is 12.3 Å². The Kier molecular flexibility index (Phi) is 3.22. The van der Waals surface area contributed by atoms with E-state index in [-0.39, 0.29) is 12.4 Å². The zero-order chi connectivity index (χ0) is 11.1. The fourth-order valence-electron chi connectivity index (χ4n) is 2.26. The van der Waals surface area contributed by atoms with Crippen molar-refractivity contribution >= 4 is 29.3 Å². The third-order valence-corrected chi connectivity index (χ3v) is 3.36. The molecule has 3 rings (SSSR count). The fourth-order valence-corrected chi connectivity index (χ4v) is 2.26. The number of anilines is 1. The standard InChI is InChI=1S/C11H15N5.ClH/c1-16(8-4-7(12)5-8)11-9-2-3-13-10(9)14-6-15-11;/h2-3,6-8H,4-5,12H2,1H3,(H,13,14,15);1H/t7-,8-;. The Bertz CT molecular complexity index is 505. The van der Waals surface area contributed by atoms with E-state index in [0.717, 1.165) is 29.7 Å². The van der Waals surface area contributed by atoms with E-state index in [2.05, 4.69) is 26.9 Å². The van der Waals surface area contributed by atoms with Crippen LogP contribution in [0.1, 0.15) is 12.8 Å². The molecule has 0 saturated heterocycles. The van der Waals surface area contributed by atoms with E-state index in [1.165, 1.54) is 0 Å². The van der Waals surface area contributed by atoms with Gasteiger partial charge in [-0.25, -0.2) is 9.97 Å².